The molecule has 0 aliphatic carbocycles. The normalized spacial score (nSPS) is 12.5. The summed E-state index contributed by atoms with van der Waals surface area (Å²) < 4.78 is 5.87. The number of fused-ring (bicyclic) bond motifs is 1. The van der Waals surface area contributed by atoms with Crippen LogP contribution in [0.2, 0.25) is 0 Å². The van der Waals surface area contributed by atoms with Gasteiger partial charge in [-0.2, -0.15) is 0 Å². The number of ether oxygens (including phenoxy) is 1. The molecule has 0 aliphatic rings. The zero-order chi connectivity index (χ0) is 13.9. The summed E-state index contributed by atoms with van der Waals surface area (Å²) in [6.07, 6.45) is 2.88. The molecule has 0 spiro atoms. The lowest BCUT2D eigenvalue weighted by molar-refractivity contribution is 0.483. The quantitative estimate of drug-likeness (QED) is 0.753. The fraction of sp³-hybridized carbons (Fsp3) is 0.176. The summed E-state index contributed by atoms with van der Waals surface area (Å²) in [5.74, 6) is 1.69. The van der Waals surface area contributed by atoms with E-state index in [1.165, 1.54) is 10.9 Å². The molecule has 20 heavy (non-hydrogen) atoms. The molecular weight excluding hydrogens is 248 g/mol. The number of rotatable bonds is 4. The highest BCUT2D eigenvalue weighted by atomic mass is 16.5. The molecule has 0 saturated heterocycles. The van der Waals surface area contributed by atoms with E-state index in [9.17, 15) is 0 Å². The highest BCUT2D eigenvalue weighted by molar-refractivity contribution is 5.84. The number of nitrogens with two attached hydrogens (primary N) is 1. The van der Waals surface area contributed by atoms with E-state index >= 15 is 0 Å². The van der Waals surface area contributed by atoms with Crippen LogP contribution in [-0.4, -0.2) is 11.0 Å². The minimum absolute atomic E-state index is 0.146. The van der Waals surface area contributed by atoms with Gasteiger partial charge in [0.2, 0.25) is 0 Å². The van der Waals surface area contributed by atoms with Crippen molar-refractivity contribution in [2.75, 3.05) is 0 Å². The van der Waals surface area contributed by atoms with Gasteiger partial charge in [-0.3, -0.25) is 0 Å². The molecule has 0 fully saturated rings. The van der Waals surface area contributed by atoms with Gasteiger partial charge < -0.3 is 15.5 Å². The smallest absolute Gasteiger partial charge is 0.128 e. The third-order valence-corrected chi connectivity index (χ3v) is 3.26. The van der Waals surface area contributed by atoms with Gasteiger partial charge in [0.25, 0.3) is 0 Å². The van der Waals surface area contributed by atoms with Crippen molar-refractivity contribution in [2.24, 2.45) is 5.73 Å². The maximum Gasteiger partial charge on any atom is 0.128 e. The molecule has 0 bridgehead atoms. The molecule has 1 unspecified atom stereocenters. The van der Waals surface area contributed by atoms with Crippen molar-refractivity contribution in [1.82, 2.24) is 4.98 Å². The summed E-state index contributed by atoms with van der Waals surface area (Å²) in [7, 11) is 0. The van der Waals surface area contributed by atoms with E-state index < -0.39 is 0 Å². The molecule has 2 aromatic carbocycles. The number of hydrogen-bond acceptors (Lipinski definition) is 2. The lowest BCUT2D eigenvalue weighted by Crippen LogP contribution is -2.17. The predicted molar refractivity (Wildman–Crippen MR) is 82.2 cm³/mol. The van der Waals surface area contributed by atoms with Gasteiger partial charge in [-0.05, 0) is 49.2 Å². The van der Waals surface area contributed by atoms with E-state index in [2.05, 4.69) is 11.1 Å². The second-order valence-electron chi connectivity index (χ2n) is 5.12. The SMILES string of the molecule is CC(N)Cc1c[nH]c2ccc(Oc3ccccc3)cc12. The van der Waals surface area contributed by atoms with Crippen LogP contribution in [0.5, 0.6) is 11.5 Å². The largest absolute Gasteiger partial charge is 0.457 e. The fourth-order valence-corrected chi connectivity index (χ4v) is 2.36. The highest BCUT2D eigenvalue weighted by Crippen LogP contribution is 2.27. The van der Waals surface area contributed by atoms with E-state index in [0.717, 1.165) is 23.4 Å². The predicted octanol–water partition coefficient (Wildman–Crippen LogP) is 3.85. The van der Waals surface area contributed by atoms with E-state index in [0.29, 0.717) is 0 Å². The van der Waals surface area contributed by atoms with Crippen molar-refractivity contribution in [3.63, 3.8) is 0 Å². The van der Waals surface area contributed by atoms with Gasteiger partial charge >= 0.3 is 0 Å². The van der Waals surface area contributed by atoms with E-state index in [4.69, 9.17) is 10.5 Å². The maximum atomic E-state index is 5.89. The molecule has 3 aromatic rings. The van der Waals surface area contributed by atoms with Crippen LogP contribution in [-0.2, 0) is 6.42 Å². The molecule has 3 rings (SSSR count). The third-order valence-electron chi connectivity index (χ3n) is 3.26. The van der Waals surface area contributed by atoms with Crippen LogP contribution in [0.4, 0.5) is 0 Å². The zero-order valence-corrected chi connectivity index (χ0v) is 11.5. The topological polar surface area (TPSA) is 51.0 Å². The Labute approximate surface area is 118 Å². The van der Waals surface area contributed by atoms with Crippen LogP contribution in [0, 0.1) is 0 Å². The van der Waals surface area contributed by atoms with E-state index in [1.807, 2.05) is 55.6 Å². The molecule has 1 aromatic heterocycles. The van der Waals surface area contributed by atoms with Crippen LogP contribution in [0.25, 0.3) is 10.9 Å². The van der Waals surface area contributed by atoms with Crippen molar-refractivity contribution in [1.29, 1.82) is 0 Å². The number of H-pyrrole nitrogens is 1. The molecule has 3 heteroatoms. The Balaban J connectivity index is 1.93. The molecule has 3 nitrogen and oxygen atoms in total. The standard InChI is InChI=1S/C17H18N2O/c1-12(18)9-13-11-19-17-8-7-15(10-16(13)17)20-14-5-3-2-4-6-14/h2-8,10-12,19H,9,18H2,1H3. The zero-order valence-electron chi connectivity index (χ0n) is 11.5. The average Bonchev–Trinajstić information content (AvgIpc) is 2.82. The highest BCUT2D eigenvalue weighted by Gasteiger charge is 2.07. The molecule has 0 saturated carbocycles. The number of benzene rings is 2. The van der Waals surface area contributed by atoms with E-state index in [1.54, 1.807) is 0 Å². The van der Waals surface area contributed by atoms with Gasteiger partial charge in [0.05, 0.1) is 0 Å². The number of hydrogen-bond donors (Lipinski definition) is 2. The first-order valence-electron chi connectivity index (χ1n) is 6.81. The lowest BCUT2D eigenvalue weighted by atomic mass is 10.1. The summed E-state index contributed by atoms with van der Waals surface area (Å²) in [4.78, 5) is 3.27. The molecule has 0 radical (unpaired) electrons. The Bertz CT molecular complexity index is 701. The van der Waals surface area contributed by atoms with Crippen LogP contribution >= 0.6 is 0 Å². The summed E-state index contributed by atoms with van der Waals surface area (Å²) in [6, 6.07) is 16.0. The first-order chi connectivity index (χ1) is 9.72. The molecule has 102 valence electrons. The van der Waals surface area contributed by atoms with Crippen molar-refractivity contribution in [2.45, 2.75) is 19.4 Å². The fourth-order valence-electron chi connectivity index (χ4n) is 2.36. The second-order valence-corrected chi connectivity index (χ2v) is 5.12. The van der Waals surface area contributed by atoms with Crippen molar-refractivity contribution >= 4 is 10.9 Å². The molecule has 3 N–H and O–H groups in total. The first kappa shape index (κ1) is 12.8. The van der Waals surface area contributed by atoms with Gasteiger partial charge in [-0.1, -0.05) is 18.2 Å². The maximum absolute atomic E-state index is 5.89. The Morgan fingerprint density at radius 2 is 1.90 bits per heavy atom. The average molecular weight is 266 g/mol. The Morgan fingerprint density at radius 1 is 1.10 bits per heavy atom. The number of para-hydroxylation sites is 1. The van der Waals surface area contributed by atoms with Crippen molar-refractivity contribution < 1.29 is 4.74 Å². The first-order valence-corrected chi connectivity index (χ1v) is 6.81. The lowest BCUT2D eigenvalue weighted by Gasteiger charge is -2.07. The minimum Gasteiger partial charge on any atom is -0.457 e. The van der Waals surface area contributed by atoms with Crippen LogP contribution in [0.1, 0.15) is 12.5 Å². The van der Waals surface area contributed by atoms with Gasteiger partial charge in [0.1, 0.15) is 11.5 Å². The van der Waals surface area contributed by atoms with Crippen LogP contribution in [0.3, 0.4) is 0 Å². The summed E-state index contributed by atoms with van der Waals surface area (Å²) in [6.45, 7) is 2.02. The Hall–Kier alpha value is -2.26. The second kappa shape index (κ2) is 5.39. The summed E-state index contributed by atoms with van der Waals surface area (Å²) in [5.41, 5.74) is 8.23. The van der Waals surface area contributed by atoms with Crippen molar-refractivity contribution in [3.8, 4) is 11.5 Å². The molecular formula is C17H18N2O. The number of aromatic amines is 1. The molecule has 1 heterocycles. The van der Waals surface area contributed by atoms with Crippen molar-refractivity contribution in [3.05, 3.63) is 60.3 Å². The third kappa shape index (κ3) is 2.68. The molecule has 0 aliphatic heterocycles. The van der Waals surface area contributed by atoms with Crippen LogP contribution in [0.15, 0.2) is 54.7 Å². The molecule has 0 amide bonds. The Morgan fingerprint density at radius 3 is 2.65 bits per heavy atom. The van der Waals surface area contributed by atoms with Crippen LogP contribution < -0.4 is 10.5 Å². The van der Waals surface area contributed by atoms with Gasteiger partial charge in [-0.15, -0.1) is 0 Å². The van der Waals surface area contributed by atoms with Gasteiger partial charge in [0.15, 0.2) is 0 Å². The summed E-state index contributed by atoms with van der Waals surface area (Å²) >= 11 is 0. The Kier molecular flexibility index (Phi) is 3.44. The monoisotopic (exact) mass is 266 g/mol. The van der Waals surface area contributed by atoms with Gasteiger partial charge in [-0.25, -0.2) is 0 Å². The minimum atomic E-state index is 0.146. The van der Waals surface area contributed by atoms with E-state index in [-0.39, 0.29) is 6.04 Å². The number of aromatic nitrogens is 1. The number of nitrogens with one attached hydrogen (secondary N) is 1. The van der Waals surface area contributed by atoms with Gasteiger partial charge in [0, 0.05) is 23.1 Å². The summed E-state index contributed by atoms with van der Waals surface area (Å²) in [5, 5.41) is 1.18. The molecule has 1 atom stereocenters.